The van der Waals surface area contributed by atoms with Gasteiger partial charge in [0.15, 0.2) is 11.6 Å². The van der Waals surface area contributed by atoms with Crippen LogP contribution in [0.4, 0.5) is 5.82 Å². The fraction of sp³-hybridized carbons (Fsp3) is 0.400. The van der Waals surface area contributed by atoms with Crippen molar-refractivity contribution in [3.8, 4) is 11.6 Å². The molecule has 6 nitrogen and oxygen atoms in total. The molecule has 6 heteroatoms. The first-order valence-electron chi connectivity index (χ1n) is 5.13. The Morgan fingerprint density at radius 3 is 2.69 bits per heavy atom. The summed E-state index contributed by atoms with van der Waals surface area (Å²) in [5, 5.41) is 9.56. The van der Waals surface area contributed by atoms with Crippen LogP contribution in [0.5, 0.6) is 0 Å². The number of rotatable bonds is 3. The van der Waals surface area contributed by atoms with E-state index in [1.165, 1.54) is 6.33 Å². The molecule has 2 heterocycles. The molecule has 0 saturated carbocycles. The van der Waals surface area contributed by atoms with Crippen LogP contribution >= 0.6 is 0 Å². The first kappa shape index (κ1) is 10.5. The first-order valence-corrected chi connectivity index (χ1v) is 5.13. The van der Waals surface area contributed by atoms with Crippen molar-refractivity contribution in [2.24, 2.45) is 0 Å². The lowest BCUT2D eigenvalue weighted by Crippen LogP contribution is -2.02. The minimum absolute atomic E-state index is 0.344. The van der Waals surface area contributed by atoms with E-state index in [2.05, 4.69) is 44.3 Å². The van der Waals surface area contributed by atoms with Gasteiger partial charge in [0.1, 0.15) is 12.1 Å². The van der Waals surface area contributed by atoms with Crippen molar-refractivity contribution in [1.82, 2.24) is 25.1 Å². The quantitative estimate of drug-likeness (QED) is 0.814. The SMILES string of the molecule is CNc1cc(C(C)C)nc(-c2ncn[nH]2)n1. The highest BCUT2D eigenvalue weighted by Crippen LogP contribution is 2.18. The van der Waals surface area contributed by atoms with Crippen molar-refractivity contribution in [2.45, 2.75) is 19.8 Å². The van der Waals surface area contributed by atoms with Gasteiger partial charge in [-0.1, -0.05) is 13.8 Å². The maximum absolute atomic E-state index is 4.44. The predicted octanol–water partition coefficient (Wildman–Crippen LogP) is 1.43. The van der Waals surface area contributed by atoms with E-state index in [-0.39, 0.29) is 0 Å². The molecular formula is C10H14N6. The Hall–Kier alpha value is -1.98. The normalized spacial score (nSPS) is 10.8. The van der Waals surface area contributed by atoms with Gasteiger partial charge in [-0.2, -0.15) is 5.10 Å². The number of H-pyrrole nitrogens is 1. The Bertz CT molecular complexity index is 462. The Morgan fingerprint density at radius 1 is 1.31 bits per heavy atom. The van der Waals surface area contributed by atoms with Gasteiger partial charge >= 0.3 is 0 Å². The van der Waals surface area contributed by atoms with Crippen LogP contribution in [-0.4, -0.2) is 32.2 Å². The van der Waals surface area contributed by atoms with Gasteiger partial charge in [0.2, 0.25) is 0 Å². The highest BCUT2D eigenvalue weighted by atomic mass is 15.2. The van der Waals surface area contributed by atoms with Gasteiger partial charge in [0, 0.05) is 18.8 Å². The molecule has 0 amide bonds. The fourth-order valence-corrected chi connectivity index (χ4v) is 1.31. The maximum Gasteiger partial charge on any atom is 0.199 e. The molecule has 0 unspecified atom stereocenters. The van der Waals surface area contributed by atoms with E-state index in [9.17, 15) is 0 Å². The summed E-state index contributed by atoms with van der Waals surface area (Å²) in [6.45, 7) is 4.18. The zero-order valence-corrected chi connectivity index (χ0v) is 9.52. The molecule has 0 aliphatic heterocycles. The summed E-state index contributed by atoms with van der Waals surface area (Å²) in [5.41, 5.74) is 0.978. The van der Waals surface area contributed by atoms with E-state index in [0.717, 1.165) is 11.5 Å². The van der Waals surface area contributed by atoms with E-state index in [1.54, 1.807) is 0 Å². The summed E-state index contributed by atoms with van der Waals surface area (Å²) >= 11 is 0. The van der Waals surface area contributed by atoms with Crippen LogP contribution < -0.4 is 5.32 Å². The molecule has 0 aliphatic carbocycles. The van der Waals surface area contributed by atoms with Gasteiger partial charge in [-0.05, 0) is 5.92 Å². The maximum atomic E-state index is 4.44. The molecule has 2 N–H and O–H groups in total. The molecule has 0 bridgehead atoms. The number of aromatic amines is 1. The van der Waals surface area contributed by atoms with Crippen molar-refractivity contribution < 1.29 is 0 Å². The smallest absolute Gasteiger partial charge is 0.199 e. The second-order valence-corrected chi connectivity index (χ2v) is 3.74. The second kappa shape index (κ2) is 4.26. The summed E-state index contributed by atoms with van der Waals surface area (Å²) in [6, 6.07) is 1.94. The van der Waals surface area contributed by atoms with Crippen LogP contribution in [0.25, 0.3) is 11.6 Å². The van der Waals surface area contributed by atoms with Gasteiger partial charge in [0.05, 0.1) is 0 Å². The molecule has 0 fully saturated rings. The van der Waals surface area contributed by atoms with Crippen molar-refractivity contribution in [2.75, 3.05) is 12.4 Å². The van der Waals surface area contributed by atoms with Crippen molar-refractivity contribution in [1.29, 1.82) is 0 Å². The van der Waals surface area contributed by atoms with E-state index >= 15 is 0 Å². The van der Waals surface area contributed by atoms with Crippen LogP contribution in [0.15, 0.2) is 12.4 Å². The third kappa shape index (κ3) is 2.00. The Morgan fingerprint density at radius 2 is 2.12 bits per heavy atom. The van der Waals surface area contributed by atoms with Gasteiger partial charge in [-0.25, -0.2) is 15.0 Å². The topological polar surface area (TPSA) is 79.4 Å². The minimum atomic E-state index is 0.344. The van der Waals surface area contributed by atoms with Crippen molar-refractivity contribution >= 4 is 5.82 Å². The number of nitrogens with zero attached hydrogens (tertiary/aromatic N) is 4. The molecule has 2 aromatic rings. The molecule has 0 spiro atoms. The predicted molar refractivity (Wildman–Crippen MR) is 61.0 cm³/mol. The van der Waals surface area contributed by atoms with E-state index in [1.807, 2.05) is 13.1 Å². The number of aromatic nitrogens is 5. The van der Waals surface area contributed by atoms with Crippen molar-refractivity contribution in [3.05, 3.63) is 18.1 Å². The fourth-order valence-electron chi connectivity index (χ4n) is 1.31. The lowest BCUT2D eigenvalue weighted by atomic mass is 10.1. The molecule has 84 valence electrons. The highest BCUT2D eigenvalue weighted by Gasteiger charge is 2.10. The summed E-state index contributed by atoms with van der Waals surface area (Å²) in [6.07, 6.45) is 1.44. The van der Waals surface area contributed by atoms with Crippen LogP contribution in [0.1, 0.15) is 25.5 Å². The Kier molecular flexibility index (Phi) is 2.80. The van der Waals surface area contributed by atoms with Gasteiger partial charge < -0.3 is 5.32 Å². The molecule has 0 atom stereocenters. The Balaban J connectivity index is 2.49. The average Bonchev–Trinajstić information content (AvgIpc) is 2.81. The molecule has 0 saturated heterocycles. The standard InChI is InChI=1S/C10H14N6/c1-6(2)7-4-8(11-3)15-10(14-7)9-12-5-13-16-9/h4-6H,1-3H3,(H,11,14,15)(H,12,13,16). The number of nitrogens with one attached hydrogen (secondary N) is 2. The summed E-state index contributed by atoms with van der Waals surface area (Å²) in [5.74, 6) is 2.27. The second-order valence-electron chi connectivity index (χ2n) is 3.74. The summed E-state index contributed by atoms with van der Waals surface area (Å²) < 4.78 is 0. The molecule has 0 radical (unpaired) electrons. The molecular weight excluding hydrogens is 204 g/mol. The molecule has 16 heavy (non-hydrogen) atoms. The number of hydrogen-bond donors (Lipinski definition) is 2. The first-order chi connectivity index (χ1) is 7.70. The molecule has 0 aromatic carbocycles. The molecule has 2 rings (SSSR count). The third-order valence-electron chi connectivity index (χ3n) is 2.22. The van der Waals surface area contributed by atoms with Crippen LogP contribution in [0.2, 0.25) is 0 Å². The van der Waals surface area contributed by atoms with Gasteiger partial charge in [0.25, 0.3) is 0 Å². The van der Waals surface area contributed by atoms with Gasteiger partial charge in [-0.3, -0.25) is 5.10 Å². The average molecular weight is 218 g/mol. The lowest BCUT2D eigenvalue weighted by Gasteiger charge is -2.08. The zero-order valence-electron chi connectivity index (χ0n) is 9.52. The van der Waals surface area contributed by atoms with E-state index in [4.69, 9.17) is 0 Å². The zero-order chi connectivity index (χ0) is 11.5. The van der Waals surface area contributed by atoms with E-state index < -0.39 is 0 Å². The largest absolute Gasteiger partial charge is 0.373 e. The lowest BCUT2D eigenvalue weighted by molar-refractivity contribution is 0.815. The van der Waals surface area contributed by atoms with Crippen LogP contribution in [0.3, 0.4) is 0 Å². The number of anilines is 1. The van der Waals surface area contributed by atoms with Gasteiger partial charge in [-0.15, -0.1) is 0 Å². The minimum Gasteiger partial charge on any atom is -0.373 e. The summed E-state index contributed by atoms with van der Waals surface area (Å²) in [7, 11) is 1.83. The monoisotopic (exact) mass is 218 g/mol. The summed E-state index contributed by atoms with van der Waals surface area (Å²) in [4.78, 5) is 12.8. The highest BCUT2D eigenvalue weighted by molar-refractivity contribution is 5.48. The van der Waals surface area contributed by atoms with Crippen LogP contribution in [0, 0.1) is 0 Å². The molecule has 2 aromatic heterocycles. The van der Waals surface area contributed by atoms with Crippen LogP contribution in [-0.2, 0) is 0 Å². The molecule has 0 aliphatic rings. The van der Waals surface area contributed by atoms with E-state index in [0.29, 0.717) is 17.6 Å². The van der Waals surface area contributed by atoms with Crippen molar-refractivity contribution in [3.63, 3.8) is 0 Å². The number of hydrogen-bond acceptors (Lipinski definition) is 5. The Labute approximate surface area is 93.6 Å². The third-order valence-corrected chi connectivity index (χ3v) is 2.22.